The van der Waals surface area contributed by atoms with E-state index in [1.165, 1.54) is 6.92 Å². The zero-order chi connectivity index (χ0) is 13.3. The van der Waals surface area contributed by atoms with Gasteiger partial charge in [0.15, 0.2) is 0 Å². The maximum Gasteiger partial charge on any atom is 0.318 e. The number of hydrogen-bond acceptors (Lipinski definition) is 2. The third kappa shape index (κ3) is 2.20. The second-order valence-corrected chi connectivity index (χ2v) is 5.18. The molecule has 2 rings (SSSR count). The molecule has 1 heterocycles. The predicted molar refractivity (Wildman–Crippen MR) is 67.2 cm³/mol. The summed E-state index contributed by atoms with van der Waals surface area (Å²) in [4.78, 5) is 24.8. The minimum absolute atomic E-state index is 0.324. The highest BCUT2D eigenvalue weighted by Crippen LogP contribution is 2.32. The lowest BCUT2D eigenvalue weighted by atomic mass is 9.89. The molecule has 1 aliphatic heterocycles. The van der Waals surface area contributed by atoms with E-state index in [-0.39, 0.29) is 5.91 Å². The fourth-order valence-corrected chi connectivity index (χ4v) is 2.33. The number of benzene rings is 1. The third-order valence-corrected chi connectivity index (χ3v) is 3.61. The van der Waals surface area contributed by atoms with Gasteiger partial charge in [-0.05, 0) is 31.0 Å². The highest BCUT2D eigenvalue weighted by atomic mass is 35.5. The zero-order valence-corrected chi connectivity index (χ0v) is 10.8. The number of carbonyl (C=O) groups is 2. The van der Waals surface area contributed by atoms with Gasteiger partial charge in [-0.3, -0.25) is 9.59 Å². The van der Waals surface area contributed by atoms with Gasteiger partial charge in [0.1, 0.15) is 5.41 Å². The Hall–Kier alpha value is -1.55. The van der Waals surface area contributed by atoms with Crippen LogP contribution in [0.15, 0.2) is 24.3 Å². The number of hydrogen-bond donors (Lipinski definition) is 1. The molecule has 1 amide bonds. The summed E-state index contributed by atoms with van der Waals surface area (Å²) in [7, 11) is 0. The van der Waals surface area contributed by atoms with E-state index < -0.39 is 11.4 Å². The molecular weight excluding hydrogens is 254 g/mol. The summed E-state index contributed by atoms with van der Waals surface area (Å²) in [6, 6.07) is 7.23. The van der Waals surface area contributed by atoms with Crippen LogP contribution in [-0.4, -0.2) is 28.4 Å². The first-order valence-electron chi connectivity index (χ1n) is 5.71. The van der Waals surface area contributed by atoms with Crippen molar-refractivity contribution in [1.82, 2.24) is 4.90 Å². The van der Waals surface area contributed by atoms with E-state index in [4.69, 9.17) is 16.7 Å². The van der Waals surface area contributed by atoms with Gasteiger partial charge in [-0.2, -0.15) is 0 Å². The Morgan fingerprint density at radius 3 is 2.83 bits per heavy atom. The Balaban J connectivity index is 2.14. The maximum absolute atomic E-state index is 12.1. The van der Waals surface area contributed by atoms with Gasteiger partial charge in [0.05, 0.1) is 0 Å². The van der Waals surface area contributed by atoms with Gasteiger partial charge in [0.25, 0.3) is 0 Å². The van der Waals surface area contributed by atoms with Crippen molar-refractivity contribution in [2.75, 3.05) is 6.54 Å². The van der Waals surface area contributed by atoms with Crippen molar-refractivity contribution in [2.24, 2.45) is 5.41 Å². The minimum Gasteiger partial charge on any atom is -0.480 e. The van der Waals surface area contributed by atoms with Gasteiger partial charge in [0.2, 0.25) is 5.91 Å². The summed E-state index contributed by atoms with van der Waals surface area (Å²) in [5.74, 6) is -1.38. The van der Waals surface area contributed by atoms with Crippen LogP contribution in [0.2, 0.25) is 5.02 Å². The first kappa shape index (κ1) is 12.9. The molecule has 18 heavy (non-hydrogen) atoms. The van der Waals surface area contributed by atoms with Gasteiger partial charge in [-0.25, -0.2) is 0 Å². The van der Waals surface area contributed by atoms with Crippen molar-refractivity contribution in [2.45, 2.75) is 19.9 Å². The van der Waals surface area contributed by atoms with Gasteiger partial charge < -0.3 is 10.0 Å². The molecule has 0 aliphatic carbocycles. The van der Waals surface area contributed by atoms with Crippen LogP contribution in [0.3, 0.4) is 0 Å². The van der Waals surface area contributed by atoms with Crippen LogP contribution >= 0.6 is 11.6 Å². The molecule has 1 unspecified atom stereocenters. The summed E-state index contributed by atoms with van der Waals surface area (Å²) in [5.41, 5.74) is -0.371. The number of carboxylic acids is 1. The molecule has 0 bridgehead atoms. The first-order chi connectivity index (χ1) is 8.43. The number of halogens is 1. The number of carbonyl (C=O) groups excluding carboxylic acids is 1. The van der Waals surface area contributed by atoms with Crippen molar-refractivity contribution in [3.8, 4) is 0 Å². The molecule has 0 radical (unpaired) electrons. The molecule has 5 heteroatoms. The van der Waals surface area contributed by atoms with Gasteiger partial charge in [-0.1, -0.05) is 23.7 Å². The van der Waals surface area contributed by atoms with Crippen LogP contribution < -0.4 is 0 Å². The summed E-state index contributed by atoms with van der Waals surface area (Å²) in [6.07, 6.45) is 0.349. The van der Waals surface area contributed by atoms with E-state index in [0.717, 1.165) is 5.56 Å². The molecule has 0 saturated carbocycles. The van der Waals surface area contributed by atoms with E-state index in [2.05, 4.69) is 0 Å². The monoisotopic (exact) mass is 267 g/mol. The Labute approximate surface area is 110 Å². The van der Waals surface area contributed by atoms with Crippen LogP contribution in [-0.2, 0) is 16.1 Å². The Bertz CT molecular complexity index is 503. The van der Waals surface area contributed by atoms with Crippen LogP contribution in [0.1, 0.15) is 18.9 Å². The summed E-state index contributed by atoms with van der Waals surface area (Å²) in [5, 5.41) is 9.71. The van der Waals surface area contributed by atoms with Gasteiger partial charge in [-0.15, -0.1) is 0 Å². The average molecular weight is 268 g/mol. The molecule has 1 aromatic carbocycles. The molecule has 1 fully saturated rings. The zero-order valence-electron chi connectivity index (χ0n) is 10.0. The highest BCUT2D eigenvalue weighted by molar-refractivity contribution is 6.30. The van der Waals surface area contributed by atoms with Gasteiger partial charge in [0, 0.05) is 18.1 Å². The summed E-state index contributed by atoms with van der Waals surface area (Å²) < 4.78 is 0. The van der Waals surface area contributed by atoms with Crippen molar-refractivity contribution in [1.29, 1.82) is 0 Å². The van der Waals surface area contributed by atoms with E-state index in [9.17, 15) is 9.59 Å². The lowest BCUT2D eigenvalue weighted by Gasteiger charge is -2.19. The van der Waals surface area contributed by atoms with Crippen LogP contribution in [0.25, 0.3) is 0 Å². The molecule has 0 spiro atoms. The smallest absolute Gasteiger partial charge is 0.318 e. The molecule has 4 nitrogen and oxygen atoms in total. The maximum atomic E-state index is 12.1. The fraction of sp³-hybridized carbons (Fsp3) is 0.385. The normalized spacial score (nSPS) is 23.4. The molecule has 1 atom stereocenters. The lowest BCUT2D eigenvalue weighted by Crippen LogP contribution is -2.37. The fourth-order valence-electron chi connectivity index (χ4n) is 2.12. The van der Waals surface area contributed by atoms with Crippen molar-refractivity contribution >= 4 is 23.5 Å². The van der Waals surface area contributed by atoms with E-state index in [1.807, 2.05) is 12.1 Å². The molecule has 0 aromatic heterocycles. The van der Waals surface area contributed by atoms with Crippen LogP contribution in [0, 0.1) is 5.41 Å². The van der Waals surface area contributed by atoms with Gasteiger partial charge >= 0.3 is 5.97 Å². The Morgan fingerprint density at radius 2 is 2.28 bits per heavy atom. The highest BCUT2D eigenvalue weighted by Gasteiger charge is 2.48. The number of carboxylic acid groups (broad SMARTS) is 1. The molecule has 1 aliphatic rings. The molecule has 1 aromatic rings. The van der Waals surface area contributed by atoms with E-state index in [0.29, 0.717) is 24.5 Å². The standard InChI is InChI=1S/C13H14ClNO3/c1-13(12(17)18)5-6-15(11(13)16)8-9-3-2-4-10(14)7-9/h2-4,7H,5-6,8H2,1H3,(H,17,18). The number of nitrogens with zero attached hydrogens (tertiary/aromatic N) is 1. The number of amides is 1. The minimum atomic E-state index is -1.28. The van der Waals surface area contributed by atoms with E-state index >= 15 is 0 Å². The summed E-state index contributed by atoms with van der Waals surface area (Å²) >= 11 is 5.88. The first-order valence-corrected chi connectivity index (χ1v) is 6.08. The molecule has 1 saturated heterocycles. The van der Waals surface area contributed by atoms with E-state index in [1.54, 1.807) is 17.0 Å². The number of aliphatic carboxylic acids is 1. The average Bonchev–Trinajstić information content (AvgIpc) is 2.59. The Morgan fingerprint density at radius 1 is 1.56 bits per heavy atom. The second kappa shape index (κ2) is 4.61. The quantitative estimate of drug-likeness (QED) is 0.854. The largest absolute Gasteiger partial charge is 0.480 e. The SMILES string of the molecule is CC1(C(=O)O)CCN(Cc2cccc(Cl)c2)C1=O. The molecule has 96 valence electrons. The van der Waals surface area contributed by atoms with Crippen molar-refractivity contribution < 1.29 is 14.7 Å². The summed E-state index contributed by atoms with van der Waals surface area (Å²) in [6.45, 7) is 2.35. The van der Waals surface area contributed by atoms with Crippen molar-refractivity contribution in [3.05, 3.63) is 34.9 Å². The molecular formula is C13H14ClNO3. The molecule has 1 N–H and O–H groups in total. The Kier molecular flexibility index (Phi) is 3.30. The topological polar surface area (TPSA) is 57.6 Å². The van der Waals surface area contributed by atoms with Crippen LogP contribution in [0.4, 0.5) is 0 Å². The predicted octanol–water partition coefficient (Wildman–Crippen LogP) is 2.16. The van der Waals surface area contributed by atoms with Crippen LogP contribution in [0.5, 0.6) is 0 Å². The number of rotatable bonds is 3. The van der Waals surface area contributed by atoms with Crippen molar-refractivity contribution in [3.63, 3.8) is 0 Å². The third-order valence-electron chi connectivity index (χ3n) is 3.38. The number of likely N-dealkylation sites (tertiary alicyclic amines) is 1. The lowest BCUT2D eigenvalue weighted by molar-refractivity contribution is -0.155. The second-order valence-electron chi connectivity index (χ2n) is 4.74.